The molecular weight excluding hydrogens is 195 g/mol. The van der Waals surface area contributed by atoms with Gasteiger partial charge in [-0.2, -0.15) is 0 Å². The molecule has 0 saturated heterocycles. The number of hydrogen-bond acceptors (Lipinski definition) is 3. The Morgan fingerprint density at radius 2 is 1.43 bits per heavy atom. The highest BCUT2D eigenvalue weighted by molar-refractivity contribution is 8.08. The van der Waals surface area contributed by atoms with Gasteiger partial charge in [-0.05, 0) is 22.9 Å². The molecule has 2 nitrogen and oxygen atoms in total. The van der Waals surface area contributed by atoms with Crippen molar-refractivity contribution < 1.29 is 9.31 Å². The minimum absolute atomic E-state index is 0.471. The minimum Gasteiger partial charge on any atom is -0.514 e. The molecule has 2 aromatic rings. The Hall–Kier alpha value is -1.29. The first-order valence-corrected chi connectivity index (χ1v) is 4.89. The molecule has 0 unspecified atom stereocenters. The molecule has 0 atom stereocenters. The van der Waals surface area contributed by atoms with Gasteiger partial charge in [0.2, 0.25) is 0 Å². The fourth-order valence-electron chi connectivity index (χ4n) is 1.62. The number of thiol groups is 1. The van der Waals surface area contributed by atoms with Crippen LogP contribution in [0.25, 0.3) is 10.8 Å². The molecule has 0 amide bonds. The van der Waals surface area contributed by atoms with Crippen LogP contribution >= 0.6 is 12.5 Å². The van der Waals surface area contributed by atoms with E-state index in [1.54, 1.807) is 0 Å². The van der Waals surface area contributed by atoms with Gasteiger partial charge in [0, 0.05) is 0 Å². The van der Waals surface area contributed by atoms with E-state index in [1.807, 2.05) is 36.4 Å². The van der Waals surface area contributed by atoms with Crippen molar-refractivity contribution >= 4 is 29.6 Å². The van der Waals surface area contributed by atoms with Gasteiger partial charge in [-0.25, -0.2) is 0 Å². The minimum atomic E-state index is -0.471. The molecule has 0 N–H and O–H groups in total. The third-order valence-corrected chi connectivity index (χ3v) is 2.48. The van der Waals surface area contributed by atoms with Crippen LogP contribution in [-0.2, 0) is 0 Å². The zero-order valence-electron chi connectivity index (χ0n) is 7.31. The van der Waals surface area contributed by atoms with E-state index in [-0.39, 0.29) is 0 Å². The molecule has 68 valence electrons. The number of rotatable bonds is 0. The van der Waals surface area contributed by atoms with Gasteiger partial charge in [-0.1, -0.05) is 24.3 Å². The smallest absolute Gasteiger partial charge is 0.514 e. The van der Waals surface area contributed by atoms with Gasteiger partial charge in [-0.3, -0.25) is 0 Å². The van der Waals surface area contributed by atoms with Crippen molar-refractivity contribution in [1.29, 1.82) is 0 Å². The van der Waals surface area contributed by atoms with Crippen molar-refractivity contribution in [1.82, 2.24) is 0 Å². The molecule has 14 heavy (non-hydrogen) atoms. The van der Waals surface area contributed by atoms with Crippen LogP contribution in [0.5, 0.6) is 11.5 Å². The lowest BCUT2D eigenvalue weighted by atomic mass is 10.1. The number of benzene rings is 2. The SMILES string of the molecule is SB1Oc2cc3ccccc3cc2O1. The van der Waals surface area contributed by atoms with Gasteiger partial charge < -0.3 is 9.31 Å². The first-order chi connectivity index (χ1) is 6.83. The van der Waals surface area contributed by atoms with E-state index in [9.17, 15) is 0 Å². The molecule has 3 rings (SSSR count). The van der Waals surface area contributed by atoms with Crippen LogP contribution in [0.1, 0.15) is 0 Å². The maximum absolute atomic E-state index is 5.36. The molecule has 0 aliphatic carbocycles. The molecular formula is C10H7BO2S. The average Bonchev–Trinajstić information content (AvgIpc) is 2.53. The normalized spacial score (nSPS) is 13.6. The van der Waals surface area contributed by atoms with E-state index in [2.05, 4.69) is 12.5 Å². The van der Waals surface area contributed by atoms with Crippen molar-refractivity contribution in [2.24, 2.45) is 0 Å². The second-order valence-corrected chi connectivity index (χ2v) is 3.61. The molecule has 2 aromatic carbocycles. The lowest BCUT2D eigenvalue weighted by Crippen LogP contribution is -2.15. The standard InChI is InChI=1S/C10H7BO2S/c14-11-12-9-5-7-3-1-2-4-8(7)6-10(9)13-11/h1-6,14H. The Kier molecular flexibility index (Phi) is 1.64. The van der Waals surface area contributed by atoms with E-state index >= 15 is 0 Å². The summed E-state index contributed by atoms with van der Waals surface area (Å²) in [7, 11) is 0. The maximum Gasteiger partial charge on any atom is 0.668 e. The molecule has 0 saturated carbocycles. The third-order valence-electron chi connectivity index (χ3n) is 2.27. The Labute approximate surface area is 87.3 Å². The van der Waals surface area contributed by atoms with Crippen LogP contribution in [-0.4, -0.2) is 6.40 Å². The highest BCUT2D eigenvalue weighted by atomic mass is 32.1. The van der Waals surface area contributed by atoms with Crippen LogP contribution < -0.4 is 9.31 Å². The zero-order valence-corrected chi connectivity index (χ0v) is 8.20. The summed E-state index contributed by atoms with van der Waals surface area (Å²) < 4.78 is 10.7. The molecule has 1 heterocycles. The van der Waals surface area contributed by atoms with E-state index in [0.717, 1.165) is 22.3 Å². The molecule has 0 spiro atoms. The molecule has 0 bridgehead atoms. The molecule has 0 aromatic heterocycles. The summed E-state index contributed by atoms with van der Waals surface area (Å²) in [4.78, 5) is 0. The van der Waals surface area contributed by atoms with E-state index in [0.29, 0.717) is 0 Å². The molecule has 1 aliphatic rings. The predicted octanol–water partition coefficient (Wildman–Crippen LogP) is 2.53. The molecule has 4 heteroatoms. The molecule has 0 fully saturated rings. The van der Waals surface area contributed by atoms with Crippen LogP contribution in [0.3, 0.4) is 0 Å². The topological polar surface area (TPSA) is 18.5 Å². The number of hydrogen-bond donors (Lipinski definition) is 1. The lowest BCUT2D eigenvalue weighted by Gasteiger charge is -2.00. The van der Waals surface area contributed by atoms with Crippen molar-refractivity contribution in [3.8, 4) is 11.5 Å². The molecule has 0 radical (unpaired) electrons. The van der Waals surface area contributed by atoms with E-state index in [1.165, 1.54) is 0 Å². The quantitative estimate of drug-likeness (QED) is 0.522. The Bertz CT molecular complexity index is 456. The third kappa shape index (κ3) is 1.15. The Balaban J connectivity index is 2.27. The summed E-state index contributed by atoms with van der Waals surface area (Å²) in [6, 6.07) is 12.0. The van der Waals surface area contributed by atoms with Crippen LogP contribution in [0, 0.1) is 0 Å². The molecule has 1 aliphatic heterocycles. The summed E-state index contributed by atoms with van der Waals surface area (Å²) in [5.41, 5.74) is 0. The van der Waals surface area contributed by atoms with Gasteiger partial charge >= 0.3 is 6.40 Å². The Morgan fingerprint density at radius 1 is 0.929 bits per heavy atom. The van der Waals surface area contributed by atoms with Crippen LogP contribution in [0.15, 0.2) is 36.4 Å². The van der Waals surface area contributed by atoms with E-state index < -0.39 is 6.40 Å². The van der Waals surface area contributed by atoms with E-state index in [4.69, 9.17) is 9.31 Å². The van der Waals surface area contributed by atoms with Crippen molar-refractivity contribution in [2.75, 3.05) is 0 Å². The second-order valence-electron chi connectivity index (χ2n) is 3.19. The average molecular weight is 202 g/mol. The monoisotopic (exact) mass is 202 g/mol. The zero-order chi connectivity index (χ0) is 9.54. The highest BCUT2D eigenvalue weighted by Gasteiger charge is 2.28. The van der Waals surface area contributed by atoms with Gasteiger partial charge in [0.1, 0.15) is 11.5 Å². The lowest BCUT2D eigenvalue weighted by molar-refractivity contribution is 0.532. The fourth-order valence-corrected chi connectivity index (χ4v) is 1.85. The van der Waals surface area contributed by atoms with Gasteiger partial charge in [0.25, 0.3) is 0 Å². The van der Waals surface area contributed by atoms with Crippen molar-refractivity contribution in [3.05, 3.63) is 36.4 Å². The first kappa shape index (κ1) is 8.06. The highest BCUT2D eigenvalue weighted by Crippen LogP contribution is 2.37. The number of fused-ring (bicyclic) bond motifs is 2. The summed E-state index contributed by atoms with van der Waals surface area (Å²) >= 11 is 4.10. The maximum atomic E-state index is 5.36. The second kappa shape index (κ2) is 2.85. The summed E-state index contributed by atoms with van der Waals surface area (Å²) in [6.45, 7) is 0. The summed E-state index contributed by atoms with van der Waals surface area (Å²) in [5, 5.41) is 2.30. The van der Waals surface area contributed by atoms with Gasteiger partial charge in [0.15, 0.2) is 0 Å². The fraction of sp³-hybridized carbons (Fsp3) is 0. The van der Waals surface area contributed by atoms with Crippen LogP contribution in [0.4, 0.5) is 0 Å². The van der Waals surface area contributed by atoms with Crippen LogP contribution in [0.2, 0.25) is 0 Å². The largest absolute Gasteiger partial charge is 0.668 e. The van der Waals surface area contributed by atoms with Gasteiger partial charge in [-0.15, -0.1) is 12.5 Å². The van der Waals surface area contributed by atoms with Crippen molar-refractivity contribution in [3.63, 3.8) is 0 Å². The first-order valence-electron chi connectivity index (χ1n) is 4.37. The summed E-state index contributed by atoms with van der Waals surface area (Å²) in [5.74, 6) is 1.53. The Morgan fingerprint density at radius 3 is 1.93 bits per heavy atom. The predicted molar refractivity (Wildman–Crippen MR) is 59.9 cm³/mol. The summed E-state index contributed by atoms with van der Waals surface area (Å²) in [6.07, 6.45) is -0.471. The van der Waals surface area contributed by atoms with Crippen molar-refractivity contribution in [2.45, 2.75) is 0 Å². The van der Waals surface area contributed by atoms with Gasteiger partial charge in [0.05, 0.1) is 0 Å².